The van der Waals surface area contributed by atoms with Crippen LogP contribution in [0.5, 0.6) is 0 Å². The van der Waals surface area contributed by atoms with E-state index in [0.717, 1.165) is 31.4 Å². The van der Waals surface area contributed by atoms with Crippen LogP contribution in [0, 0.1) is 5.82 Å². The summed E-state index contributed by atoms with van der Waals surface area (Å²) in [7, 11) is -3.38. The number of nitrogens with two attached hydrogens (primary N) is 1. The van der Waals surface area contributed by atoms with Gasteiger partial charge in [-0.05, 0) is 24.6 Å². The first-order valence-corrected chi connectivity index (χ1v) is 7.40. The molecule has 5 heteroatoms. The molecule has 0 aliphatic carbocycles. The van der Waals surface area contributed by atoms with Gasteiger partial charge < -0.3 is 5.73 Å². The summed E-state index contributed by atoms with van der Waals surface area (Å²) in [4.78, 5) is 0.0374. The summed E-state index contributed by atoms with van der Waals surface area (Å²) in [5.74, 6) is -0.449. The minimum absolute atomic E-state index is 0.0134. The zero-order valence-corrected chi connectivity index (χ0v) is 10.8. The molecule has 2 N–H and O–H groups in total. The topological polar surface area (TPSA) is 60.2 Å². The Labute approximate surface area is 102 Å². The Kier molecular flexibility index (Phi) is 4.93. The summed E-state index contributed by atoms with van der Waals surface area (Å²) < 4.78 is 36.7. The van der Waals surface area contributed by atoms with Gasteiger partial charge in [-0.1, -0.05) is 26.2 Å². The SMILES string of the molecule is CCCCCCS(=O)(=O)c1ccc(F)cc1N. The number of benzene rings is 1. The highest BCUT2D eigenvalue weighted by atomic mass is 32.2. The molecule has 1 rings (SSSR count). The molecule has 0 fully saturated rings. The number of sulfone groups is 1. The lowest BCUT2D eigenvalue weighted by Gasteiger charge is -2.07. The molecule has 0 aliphatic rings. The second-order valence-corrected chi connectivity index (χ2v) is 6.14. The Hall–Kier alpha value is -1.10. The van der Waals surface area contributed by atoms with Crippen LogP contribution < -0.4 is 5.73 Å². The van der Waals surface area contributed by atoms with Gasteiger partial charge in [-0.3, -0.25) is 0 Å². The maximum Gasteiger partial charge on any atom is 0.180 e. The van der Waals surface area contributed by atoms with E-state index in [4.69, 9.17) is 5.73 Å². The van der Waals surface area contributed by atoms with Crippen LogP contribution in [0.2, 0.25) is 0 Å². The van der Waals surface area contributed by atoms with Gasteiger partial charge in [0.2, 0.25) is 0 Å². The number of rotatable bonds is 6. The van der Waals surface area contributed by atoms with Crippen LogP contribution in [0.25, 0.3) is 0 Å². The minimum atomic E-state index is -3.38. The molecule has 1 aromatic rings. The highest BCUT2D eigenvalue weighted by molar-refractivity contribution is 7.91. The third-order valence-electron chi connectivity index (χ3n) is 2.57. The van der Waals surface area contributed by atoms with Crippen molar-refractivity contribution in [2.45, 2.75) is 37.5 Å². The fraction of sp³-hybridized carbons (Fsp3) is 0.500. The van der Waals surface area contributed by atoms with Gasteiger partial charge in [0, 0.05) is 0 Å². The average Bonchev–Trinajstić information content (AvgIpc) is 2.24. The summed E-state index contributed by atoms with van der Waals surface area (Å²) in [6, 6.07) is 3.40. The molecule has 0 saturated heterocycles. The zero-order valence-electron chi connectivity index (χ0n) is 9.95. The standard InChI is InChI=1S/C12H18FNO2S/c1-2-3-4-5-8-17(15,16)12-7-6-10(13)9-11(12)14/h6-7,9H,2-5,8,14H2,1H3. The zero-order chi connectivity index (χ0) is 12.9. The summed E-state index contributed by atoms with van der Waals surface area (Å²) in [6.45, 7) is 2.06. The van der Waals surface area contributed by atoms with Crippen LogP contribution in [0.3, 0.4) is 0 Å². The molecule has 0 amide bonds. The number of hydrogen-bond acceptors (Lipinski definition) is 3. The van der Waals surface area contributed by atoms with Crippen LogP contribution in [-0.2, 0) is 9.84 Å². The first kappa shape index (κ1) is 14.0. The second-order valence-electron chi connectivity index (χ2n) is 4.06. The van der Waals surface area contributed by atoms with E-state index in [2.05, 4.69) is 6.92 Å². The van der Waals surface area contributed by atoms with E-state index < -0.39 is 15.7 Å². The van der Waals surface area contributed by atoms with Crippen LogP contribution >= 0.6 is 0 Å². The molecule has 0 heterocycles. The molecule has 0 unspecified atom stereocenters. The number of nitrogen functional groups attached to an aromatic ring is 1. The van der Waals surface area contributed by atoms with Crippen LogP contribution in [-0.4, -0.2) is 14.2 Å². The summed E-state index contributed by atoms with van der Waals surface area (Å²) in [5, 5.41) is 0. The monoisotopic (exact) mass is 259 g/mol. The molecule has 0 radical (unpaired) electrons. The quantitative estimate of drug-likeness (QED) is 0.485. The normalized spacial score (nSPS) is 11.6. The third kappa shape index (κ3) is 4.00. The smallest absolute Gasteiger partial charge is 0.180 e. The Morgan fingerprint density at radius 1 is 1.24 bits per heavy atom. The molecular weight excluding hydrogens is 241 g/mol. The third-order valence-corrected chi connectivity index (χ3v) is 4.44. The highest BCUT2D eigenvalue weighted by Crippen LogP contribution is 2.21. The Morgan fingerprint density at radius 2 is 1.94 bits per heavy atom. The first-order valence-electron chi connectivity index (χ1n) is 5.75. The molecule has 0 aromatic heterocycles. The summed E-state index contributed by atoms with van der Waals surface area (Å²) >= 11 is 0. The lowest BCUT2D eigenvalue weighted by atomic mass is 10.2. The van der Waals surface area contributed by atoms with Crippen molar-refractivity contribution in [1.82, 2.24) is 0 Å². The van der Waals surface area contributed by atoms with Crippen LogP contribution in [0.15, 0.2) is 23.1 Å². The molecule has 3 nitrogen and oxygen atoms in total. The Morgan fingerprint density at radius 3 is 2.53 bits per heavy atom. The largest absolute Gasteiger partial charge is 0.398 e. The summed E-state index contributed by atoms with van der Waals surface area (Å²) in [6.07, 6.45) is 3.58. The molecule has 0 spiro atoms. The van der Waals surface area contributed by atoms with Gasteiger partial charge in [0.1, 0.15) is 5.82 Å². The van der Waals surface area contributed by atoms with Crippen molar-refractivity contribution in [2.75, 3.05) is 11.5 Å². The number of halogens is 1. The van der Waals surface area contributed by atoms with Gasteiger partial charge in [-0.25, -0.2) is 12.8 Å². The van der Waals surface area contributed by atoms with Crippen molar-refractivity contribution in [3.05, 3.63) is 24.0 Å². The van der Waals surface area contributed by atoms with Crippen molar-refractivity contribution in [3.63, 3.8) is 0 Å². The van der Waals surface area contributed by atoms with E-state index in [0.29, 0.717) is 6.42 Å². The van der Waals surface area contributed by atoms with Gasteiger partial charge >= 0.3 is 0 Å². The molecule has 0 bridgehead atoms. The van der Waals surface area contributed by atoms with Gasteiger partial charge in [-0.2, -0.15) is 0 Å². The molecule has 0 atom stereocenters. The van der Waals surface area contributed by atoms with Crippen LogP contribution in [0.1, 0.15) is 32.6 Å². The maximum absolute atomic E-state index is 12.8. The minimum Gasteiger partial charge on any atom is -0.398 e. The fourth-order valence-electron chi connectivity index (χ4n) is 1.63. The van der Waals surface area contributed by atoms with Crippen molar-refractivity contribution in [3.8, 4) is 0 Å². The molecule has 17 heavy (non-hydrogen) atoms. The van der Waals surface area contributed by atoms with E-state index in [-0.39, 0.29) is 16.3 Å². The van der Waals surface area contributed by atoms with Gasteiger partial charge in [-0.15, -0.1) is 0 Å². The maximum atomic E-state index is 12.8. The van der Waals surface area contributed by atoms with Gasteiger partial charge in [0.15, 0.2) is 9.84 Å². The Balaban J connectivity index is 2.76. The predicted molar refractivity (Wildman–Crippen MR) is 67.0 cm³/mol. The van der Waals surface area contributed by atoms with Crippen molar-refractivity contribution >= 4 is 15.5 Å². The number of anilines is 1. The number of unbranched alkanes of at least 4 members (excludes halogenated alkanes) is 3. The molecule has 0 saturated carbocycles. The van der Waals surface area contributed by atoms with E-state index in [1.807, 2.05) is 0 Å². The summed E-state index contributed by atoms with van der Waals surface area (Å²) in [5.41, 5.74) is 5.51. The molecule has 0 aliphatic heterocycles. The van der Waals surface area contributed by atoms with Crippen molar-refractivity contribution in [1.29, 1.82) is 0 Å². The van der Waals surface area contributed by atoms with Gasteiger partial charge in [0.05, 0.1) is 16.3 Å². The van der Waals surface area contributed by atoms with Crippen molar-refractivity contribution in [2.24, 2.45) is 0 Å². The number of hydrogen-bond donors (Lipinski definition) is 1. The fourth-order valence-corrected chi connectivity index (χ4v) is 3.13. The van der Waals surface area contributed by atoms with E-state index >= 15 is 0 Å². The Bertz CT molecular complexity index is 471. The van der Waals surface area contributed by atoms with Gasteiger partial charge in [0.25, 0.3) is 0 Å². The lowest BCUT2D eigenvalue weighted by Crippen LogP contribution is -2.09. The predicted octanol–water partition coefficient (Wildman–Crippen LogP) is 2.76. The second kappa shape index (κ2) is 6.00. The van der Waals surface area contributed by atoms with E-state index in [9.17, 15) is 12.8 Å². The highest BCUT2D eigenvalue weighted by Gasteiger charge is 2.17. The average molecular weight is 259 g/mol. The van der Waals surface area contributed by atoms with Crippen molar-refractivity contribution < 1.29 is 12.8 Å². The molecular formula is C12H18FNO2S. The first-order chi connectivity index (χ1) is 7.97. The van der Waals surface area contributed by atoms with E-state index in [1.54, 1.807) is 0 Å². The lowest BCUT2D eigenvalue weighted by molar-refractivity contribution is 0.588. The van der Waals surface area contributed by atoms with E-state index in [1.165, 1.54) is 6.07 Å². The molecule has 96 valence electrons. The molecule has 1 aromatic carbocycles. The van der Waals surface area contributed by atoms with Crippen LogP contribution in [0.4, 0.5) is 10.1 Å².